The van der Waals surface area contributed by atoms with Crippen molar-refractivity contribution in [3.63, 3.8) is 0 Å². The summed E-state index contributed by atoms with van der Waals surface area (Å²) in [5.74, 6) is 0. The van der Waals surface area contributed by atoms with Crippen molar-refractivity contribution in [2.75, 3.05) is 20.2 Å². The highest BCUT2D eigenvalue weighted by atomic mass is 16.5. The lowest BCUT2D eigenvalue weighted by Crippen LogP contribution is -2.45. The molecule has 1 N–H and O–H groups in total. The van der Waals surface area contributed by atoms with E-state index >= 15 is 0 Å². The lowest BCUT2D eigenvalue weighted by atomic mass is 9.79. The summed E-state index contributed by atoms with van der Waals surface area (Å²) < 4.78 is 12.2. The maximum atomic E-state index is 6.12. The third-order valence-electron chi connectivity index (χ3n) is 4.13. The molecule has 2 fully saturated rings. The summed E-state index contributed by atoms with van der Waals surface area (Å²) in [6.45, 7) is 3.97. The van der Waals surface area contributed by atoms with Gasteiger partial charge in [-0.3, -0.25) is 0 Å². The Balaban J connectivity index is 1.83. The molecule has 100 valence electrons. The summed E-state index contributed by atoms with van der Waals surface area (Å²) in [7, 11) is 1.98. The van der Waals surface area contributed by atoms with Crippen LogP contribution in [-0.2, 0) is 9.47 Å². The third-order valence-corrected chi connectivity index (χ3v) is 4.13. The zero-order chi connectivity index (χ0) is 12.1. The monoisotopic (exact) mass is 241 g/mol. The van der Waals surface area contributed by atoms with Crippen LogP contribution in [0.25, 0.3) is 0 Å². The molecule has 2 unspecified atom stereocenters. The third kappa shape index (κ3) is 3.67. The predicted molar refractivity (Wildman–Crippen MR) is 69.3 cm³/mol. The van der Waals surface area contributed by atoms with Crippen LogP contribution in [0.5, 0.6) is 0 Å². The molecule has 1 heterocycles. The van der Waals surface area contributed by atoms with Crippen LogP contribution >= 0.6 is 0 Å². The number of hydrogen-bond acceptors (Lipinski definition) is 3. The zero-order valence-corrected chi connectivity index (χ0v) is 11.3. The topological polar surface area (TPSA) is 30.5 Å². The van der Waals surface area contributed by atoms with Gasteiger partial charge < -0.3 is 14.8 Å². The summed E-state index contributed by atoms with van der Waals surface area (Å²) in [6.07, 6.45) is 9.43. The summed E-state index contributed by atoms with van der Waals surface area (Å²) in [4.78, 5) is 0. The van der Waals surface area contributed by atoms with Crippen LogP contribution in [0.15, 0.2) is 0 Å². The minimum absolute atomic E-state index is 0.167. The van der Waals surface area contributed by atoms with Crippen molar-refractivity contribution in [2.45, 2.75) is 69.7 Å². The molecule has 0 aromatic heterocycles. The molecule has 0 amide bonds. The van der Waals surface area contributed by atoms with E-state index < -0.39 is 0 Å². The molecule has 17 heavy (non-hydrogen) atoms. The van der Waals surface area contributed by atoms with Gasteiger partial charge in [0.2, 0.25) is 0 Å². The van der Waals surface area contributed by atoms with Crippen molar-refractivity contribution in [2.24, 2.45) is 0 Å². The van der Waals surface area contributed by atoms with E-state index in [1.807, 2.05) is 7.05 Å². The van der Waals surface area contributed by atoms with E-state index in [2.05, 4.69) is 12.2 Å². The highest BCUT2D eigenvalue weighted by Crippen LogP contribution is 2.39. The van der Waals surface area contributed by atoms with Crippen LogP contribution in [0.4, 0.5) is 0 Å². The van der Waals surface area contributed by atoms with Crippen molar-refractivity contribution < 1.29 is 9.47 Å². The molecule has 0 aromatic carbocycles. The average Bonchev–Trinajstić information content (AvgIpc) is 2.30. The van der Waals surface area contributed by atoms with Gasteiger partial charge >= 0.3 is 0 Å². The number of likely N-dealkylation sites (N-methyl/N-ethyl adjacent to an activating group) is 1. The fourth-order valence-electron chi connectivity index (χ4n) is 3.31. The van der Waals surface area contributed by atoms with Gasteiger partial charge in [0.25, 0.3) is 0 Å². The standard InChI is InChI=1S/C14H27NO2/c1-12(11-15-2)17-13-6-9-16-14(10-13)7-4-3-5-8-14/h12-13,15H,3-11H2,1-2H3. The molecule has 3 heteroatoms. The van der Waals surface area contributed by atoms with Crippen LogP contribution < -0.4 is 5.32 Å². The Kier molecular flexibility index (Phi) is 4.83. The Bertz CT molecular complexity index is 221. The van der Waals surface area contributed by atoms with Crippen LogP contribution in [-0.4, -0.2) is 38.0 Å². The van der Waals surface area contributed by atoms with Gasteiger partial charge in [0, 0.05) is 19.6 Å². The van der Waals surface area contributed by atoms with E-state index in [1.165, 1.54) is 32.1 Å². The van der Waals surface area contributed by atoms with Gasteiger partial charge in [-0.15, -0.1) is 0 Å². The van der Waals surface area contributed by atoms with Crippen LogP contribution in [0.3, 0.4) is 0 Å². The Hall–Kier alpha value is -0.120. The van der Waals surface area contributed by atoms with E-state index in [0.717, 1.165) is 26.0 Å². The number of ether oxygens (including phenoxy) is 2. The van der Waals surface area contributed by atoms with Gasteiger partial charge in [-0.1, -0.05) is 19.3 Å². The lowest BCUT2D eigenvalue weighted by Gasteiger charge is -2.43. The van der Waals surface area contributed by atoms with Gasteiger partial charge in [-0.2, -0.15) is 0 Å². The minimum Gasteiger partial charge on any atom is -0.375 e. The first-order valence-corrected chi connectivity index (χ1v) is 7.18. The van der Waals surface area contributed by atoms with Gasteiger partial charge in [-0.25, -0.2) is 0 Å². The molecule has 1 spiro atoms. The SMILES string of the molecule is CNCC(C)OC1CCOC2(CCCCC2)C1. The molecule has 0 bridgehead atoms. The lowest BCUT2D eigenvalue weighted by molar-refractivity contribution is -0.157. The second-order valence-electron chi connectivity index (χ2n) is 5.71. The fourth-order valence-corrected chi connectivity index (χ4v) is 3.31. The van der Waals surface area contributed by atoms with Crippen molar-refractivity contribution in [1.82, 2.24) is 5.32 Å². The Morgan fingerprint density at radius 3 is 2.82 bits per heavy atom. The van der Waals surface area contributed by atoms with E-state index in [9.17, 15) is 0 Å². The van der Waals surface area contributed by atoms with Gasteiger partial charge in [0.1, 0.15) is 0 Å². The highest BCUT2D eigenvalue weighted by molar-refractivity contribution is 4.90. The quantitative estimate of drug-likeness (QED) is 0.820. The molecular weight excluding hydrogens is 214 g/mol. The van der Waals surface area contributed by atoms with Crippen LogP contribution in [0, 0.1) is 0 Å². The summed E-state index contributed by atoms with van der Waals surface area (Å²) in [6, 6.07) is 0. The van der Waals surface area contributed by atoms with E-state index in [1.54, 1.807) is 0 Å². The van der Waals surface area contributed by atoms with E-state index in [-0.39, 0.29) is 5.60 Å². The first-order valence-electron chi connectivity index (χ1n) is 7.18. The molecule has 1 aliphatic heterocycles. The molecular formula is C14H27NO2. The Labute approximate surface area is 105 Å². The van der Waals surface area contributed by atoms with Crippen molar-refractivity contribution >= 4 is 0 Å². The number of rotatable bonds is 4. The first kappa shape index (κ1) is 13.3. The molecule has 0 aromatic rings. The summed E-state index contributed by atoms with van der Waals surface area (Å²) in [5.41, 5.74) is 0.167. The van der Waals surface area contributed by atoms with Crippen LogP contribution in [0.2, 0.25) is 0 Å². The molecule has 2 atom stereocenters. The summed E-state index contributed by atoms with van der Waals surface area (Å²) >= 11 is 0. The zero-order valence-electron chi connectivity index (χ0n) is 11.3. The van der Waals surface area contributed by atoms with Gasteiger partial charge in [-0.05, 0) is 33.2 Å². The Morgan fingerprint density at radius 1 is 1.35 bits per heavy atom. The maximum Gasteiger partial charge on any atom is 0.0707 e. The van der Waals surface area contributed by atoms with Crippen molar-refractivity contribution in [3.05, 3.63) is 0 Å². The van der Waals surface area contributed by atoms with Gasteiger partial charge in [0.15, 0.2) is 0 Å². The smallest absolute Gasteiger partial charge is 0.0707 e. The molecule has 2 rings (SSSR count). The average molecular weight is 241 g/mol. The van der Waals surface area contributed by atoms with Crippen LogP contribution in [0.1, 0.15) is 51.9 Å². The molecule has 2 aliphatic rings. The summed E-state index contributed by atoms with van der Waals surface area (Å²) in [5, 5.41) is 3.17. The molecule has 0 radical (unpaired) electrons. The maximum absolute atomic E-state index is 6.12. The van der Waals surface area contributed by atoms with Crippen molar-refractivity contribution in [1.29, 1.82) is 0 Å². The second-order valence-corrected chi connectivity index (χ2v) is 5.71. The van der Waals surface area contributed by atoms with Crippen molar-refractivity contribution in [3.8, 4) is 0 Å². The predicted octanol–water partition coefficient (Wildman–Crippen LogP) is 2.49. The van der Waals surface area contributed by atoms with E-state index in [0.29, 0.717) is 12.2 Å². The minimum atomic E-state index is 0.167. The fraction of sp³-hybridized carbons (Fsp3) is 1.00. The molecule has 1 aliphatic carbocycles. The molecule has 1 saturated heterocycles. The molecule has 3 nitrogen and oxygen atoms in total. The normalized spacial score (nSPS) is 30.4. The number of nitrogens with one attached hydrogen (secondary N) is 1. The van der Waals surface area contributed by atoms with Gasteiger partial charge in [0.05, 0.1) is 17.8 Å². The second kappa shape index (κ2) is 6.17. The molecule has 1 saturated carbocycles. The first-order chi connectivity index (χ1) is 8.24. The van der Waals surface area contributed by atoms with E-state index in [4.69, 9.17) is 9.47 Å². The highest BCUT2D eigenvalue weighted by Gasteiger charge is 2.39. The Morgan fingerprint density at radius 2 is 2.12 bits per heavy atom. The largest absolute Gasteiger partial charge is 0.375 e. The number of hydrogen-bond donors (Lipinski definition) is 1.